The number of pyridine rings is 1. The molecule has 0 saturated heterocycles. The summed E-state index contributed by atoms with van der Waals surface area (Å²) in [6.45, 7) is 0.547. The Kier molecular flexibility index (Phi) is 5.04. The molecule has 0 radical (unpaired) electrons. The third-order valence-electron chi connectivity index (χ3n) is 4.76. The van der Waals surface area contributed by atoms with Crippen molar-refractivity contribution in [3.05, 3.63) is 71.7 Å². The fourth-order valence-electron chi connectivity index (χ4n) is 3.50. The van der Waals surface area contributed by atoms with E-state index in [-0.39, 0.29) is 11.8 Å². The molecule has 2 aromatic heterocycles. The highest BCUT2D eigenvalue weighted by molar-refractivity contribution is 5.33. The molecule has 146 valence electrons. The van der Waals surface area contributed by atoms with Crippen molar-refractivity contribution in [2.45, 2.75) is 38.2 Å². The zero-order valence-electron chi connectivity index (χ0n) is 15.0. The number of nitrogens with one attached hydrogen (secondary N) is 1. The van der Waals surface area contributed by atoms with Gasteiger partial charge < -0.3 is 10.1 Å². The van der Waals surface area contributed by atoms with E-state index >= 15 is 0 Å². The zero-order valence-corrected chi connectivity index (χ0v) is 15.0. The highest BCUT2D eigenvalue weighted by Gasteiger charge is 2.31. The predicted octanol–water partition coefficient (Wildman–Crippen LogP) is 4.33. The average Bonchev–Trinajstić information content (AvgIpc) is 3.12. The van der Waals surface area contributed by atoms with Gasteiger partial charge in [0.15, 0.2) is 5.82 Å². The molecule has 0 amide bonds. The van der Waals surface area contributed by atoms with Gasteiger partial charge in [-0.3, -0.25) is 0 Å². The fraction of sp³-hybridized carbons (Fsp3) is 0.300. The van der Waals surface area contributed by atoms with Crippen LogP contribution in [-0.2, 0) is 13.0 Å². The Balaban J connectivity index is 1.44. The van der Waals surface area contributed by atoms with Crippen molar-refractivity contribution in [2.24, 2.45) is 0 Å². The minimum Gasteiger partial charge on any atom is -0.406 e. The van der Waals surface area contributed by atoms with Gasteiger partial charge in [0.2, 0.25) is 0 Å². The Labute approximate surface area is 160 Å². The summed E-state index contributed by atoms with van der Waals surface area (Å²) in [7, 11) is 0. The van der Waals surface area contributed by atoms with Crippen LogP contribution in [0.2, 0.25) is 0 Å². The number of ether oxygens (including phenoxy) is 1. The van der Waals surface area contributed by atoms with Crippen molar-refractivity contribution < 1.29 is 17.9 Å². The van der Waals surface area contributed by atoms with E-state index in [1.807, 2.05) is 29.1 Å². The molecule has 8 heteroatoms. The smallest absolute Gasteiger partial charge is 0.406 e. The van der Waals surface area contributed by atoms with E-state index in [0.29, 0.717) is 6.54 Å². The zero-order chi connectivity index (χ0) is 19.6. The molecule has 0 unspecified atom stereocenters. The van der Waals surface area contributed by atoms with E-state index in [1.165, 1.54) is 12.1 Å². The van der Waals surface area contributed by atoms with Crippen molar-refractivity contribution in [1.29, 1.82) is 0 Å². The summed E-state index contributed by atoms with van der Waals surface area (Å²) in [5.74, 6) is 0.581. The van der Waals surface area contributed by atoms with Crippen LogP contribution in [0.25, 0.3) is 5.82 Å². The van der Waals surface area contributed by atoms with E-state index in [0.717, 1.165) is 41.9 Å². The van der Waals surface area contributed by atoms with Crippen molar-refractivity contribution in [3.63, 3.8) is 0 Å². The molecular weight excluding hydrogens is 369 g/mol. The first kappa shape index (κ1) is 18.5. The normalized spacial score (nSPS) is 16.6. The molecule has 1 atom stereocenters. The maximum atomic E-state index is 12.3. The van der Waals surface area contributed by atoms with E-state index in [4.69, 9.17) is 0 Å². The number of hydrogen-bond acceptors (Lipinski definition) is 4. The lowest BCUT2D eigenvalue weighted by molar-refractivity contribution is -0.274. The molecule has 1 N–H and O–H groups in total. The quantitative estimate of drug-likeness (QED) is 0.707. The Bertz CT molecular complexity index is 923. The van der Waals surface area contributed by atoms with Gasteiger partial charge in [-0.25, -0.2) is 9.67 Å². The Morgan fingerprint density at radius 1 is 1.14 bits per heavy atom. The lowest BCUT2D eigenvalue weighted by atomic mass is 9.92. The molecule has 4 rings (SSSR count). The second-order valence-electron chi connectivity index (χ2n) is 6.66. The van der Waals surface area contributed by atoms with Crippen LogP contribution in [0.1, 0.15) is 35.7 Å². The van der Waals surface area contributed by atoms with Crippen molar-refractivity contribution in [2.75, 3.05) is 0 Å². The molecule has 1 aliphatic carbocycles. The average molecular weight is 388 g/mol. The maximum Gasteiger partial charge on any atom is 0.573 e. The van der Waals surface area contributed by atoms with Crippen molar-refractivity contribution >= 4 is 0 Å². The topological polar surface area (TPSA) is 52.0 Å². The van der Waals surface area contributed by atoms with Gasteiger partial charge in [-0.05, 0) is 49.1 Å². The van der Waals surface area contributed by atoms with Crippen LogP contribution in [-0.4, -0.2) is 21.1 Å². The Hall–Kier alpha value is -2.87. The summed E-state index contributed by atoms with van der Waals surface area (Å²) in [4.78, 5) is 4.37. The second-order valence-corrected chi connectivity index (χ2v) is 6.66. The van der Waals surface area contributed by atoms with Crippen molar-refractivity contribution in [3.8, 4) is 11.6 Å². The minimum atomic E-state index is -4.67. The summed E-state index contributed by atoms with van der Waals surface area (Å²) in [5, 5.41) is 8.00. The van der Waals surface area contributed by atoms with Gasteiger partial charge in [0.25, 0.3) is 0 Å². The number of alkyl halides is 3. The van der Waals surface area contributed by atoms with Crippen LogP contribution in [0.5, 0.6) is 5.75 Å². The number of aromatic nitrogens is 3. The molecule has 5 nitrogen and oxygen atoms in total. The molecule has 0 aliphatic heterocycles. The van der Waals surface area contributed by atoms with Gasteiger partial charge in [0, 0.05) is 24.3 Å². The van der Waals surface area contributed by atoms with Gasteiger partial charge in [-0.2, -0.15) is 5.10 Å². The number of benzene rings is 1. The number of rotatable bonds is 5. The van der Waals surface area contributed by atoms with E-state index in [9.17, 15) is 13.2 Å². The van der Waals surface area contributed by atoms with E-state index in [2.05, 4.69) is 20.1 Å². The fourth-order valence-corrected chi connectivity index (χ4v) is 3.50. The lowest BCUT2D eigenvalue weighted by Gasteiger charge is -2.24. The van der Waals surface area contributed by atoms with E-state index < -0.39 is 6.36 Å². The number of halogens is 3. The highest BCUT2D eigenvalue weighted by Crippen LogP contribution is 2.31. The highest BCUT2D eigenvalue weighted by atomic mass is 19.4. The van der Waals surface area contributed by atoms with Crippen LogP contribution >= 0.6 is 0 Å². The lowest BCUT2D eigenvalue weighted by Crippen LogP contribution is -2.25. The van der Waals surface area contributed by atoms with Crippen molar-refractivity contribution in [1.82, 2.24) is 20.1 Å². The molecule has 0 saturated carbocycles. The summed E-state index contributed by atoms with van der Waals surface area (Å²) in [6.07, 6.45) is 1.90. The first-order valence-corrected chi connectivity index (χ1v) is 9.06. The van der Waals surface area contributed by atoms with Crippen LogP contribution in [0.3, 0.4) is 0 Å². The van der Waals surface area contributed by atoms with E-state index in [1.54, 1.807) is 18.3 Å². The van der Waals surface area contributed by atoms with Gasteiger partial charge >= 0.3 is 6.36 Å². The van der Waals surface area contributed by atoms with Gasteiger partial charge in [0.1, 0.15) is 5.75 Å². The molecule has 1 aliphatic rings. The summed E-state index contributed by atoms with van der Waals surface area (Å²) < 4.78 is 42.5. The number of fused-ring (bicyclic) bond motifs is 1. The van der Waals surface area contributed by atoms with Crippen LogP contribution in [0, 0.1) is 0 Å². The SMILES string of the molecule is FC(F)(F)Oc1ccc(CN[C@H]2CCCc3c2cnn3-c2ccccn2)cc1. The third-order valence-corrected chi connectivity index (χ3v) is 4.76. The molecule has 1 aromatic carbocycles. The van der Waals surface area contributed by atoms with Gasteiger partial charge in [0.05, 0.1) is 11.9 Å². The van der Waals surface area contributed by atoms with Gasteiger partial charge in [-0.1, -0.05) is 18.2 Å². The third kappa shape index (κ3) is 4.17. The molecule has 0 fully saturated rings. The first-order chi connectivity index (χ1) is 13.5. The Morgan fingerprint density at radius 2 is 1.96 bits per heavy atom. The summed E-state index contributed by atoms with van der Waals surface area (Å²) in [6, 6.07) is 11.8. The summed E-state index contributed by atoms with van der Waals surface area (Å²) >= 11 is 0. The first-order valence-electron chi connectivity index (χ1n) is 9.06. The van der Waals surface area contributed by atoms with Crippen LogP contribution < -0.4 is 10.1 Å². The second kappa shape index (κ2) is 7.63. The minimum absolute atomic E-state index is 0.146. The molecule has 3 aromatic rings. The van der Waals surface area contributed by atoms with Crippen LogP contribution in [0.15, 0.2) is 54.9 Å². The molecular formula is C20H19F3N4O. The van der Waals surface area contributed by atoms with Crippen LogP contribution in [0.4, 0.5) is 13.2 Å². The maximum absolute atomic E-state index is 12.3. The monoisotopic (exact) mass is 388 g/mol. The largest absolute Gasteiger partial charge is 0.573 e. The molecule has 0 spiro atoms. The number of nitrogens with zero attached hydrogens (tertiary/aromatic N) is 3. The van der Waals surface area contributed by atoms with Gasteiger partial charge in [-0.15, -0.1) is 13.2 Å². The molecule has 0 bridgehead atoms. The molecule has 2 heterocycles. The predicted molar refractivity (Wildman–Crippen MR) is 97.0 cm³/mol. The summed E-state index contributed by atoms with van der Waals surface area (Å²) in [5.41, 5.74) is 3.18. The standard InChI is InChI=1S/C20H19F3N4O/c21-20(22,23)28-15-9-7-14(8-10-15)12-25-17-4-3-5-18-16(17)13-26-27(18)19-6-1-2-11-24-19/h1-2,6-11,13,17,25H,3-5,12H2/t17-/m0/s1. The Morgan fingerprint density at radius 3 is 2.68 bits per heavy atom. The number of hydrogen-bond donors (Lipinski definition) is 1. The molecule has 28 heavy (non-hydrogen) atoms.